The molecule has 12 rings (SSSR count). The first-order valence-electron chi connectivity index (χ1n) is 20.2. The zero-order valence-electron chi connectivity index (χ0n) is 32.3. The summed E-state index contributed by atoms with van der Waals surface area (Å²) in [5.74, 6) is 1.82. The van der Waals surface area contributed by atoms with E-state index in [1.165, 1.54) is 27.1 Å². The summed E-state index contributed by atoms with van der Waals surface area (Å²) in [6, 6.07) is 72.3. The van der Waals surface area contributed by atoms with E-state index >= 15 is 0 Å². The van der Waals surface area contributed by atoms with Crippen LogP contribution in [0.15, 0.2) is 211 Å². The second kappa shape index (κ2) is 13.8. The molecule has 3 heterocycles. The van der Waals surface area contributed by atoms with Gasteiger partial charge in [-0.2, -0.15) is 0 Å². The van der Waals surface area contributed by atoms with E-state index in [-0.39, 0.29) is 0 Å². The summed E-state index contributed by atoms with van der Waals surface area (Å²) >= 11 is 0. The third-order valence-corrected chi connectivity index (χ3v) is 11.6. The number of furan rings is 1. The topological polar surface area (TPSA) is 56.7 Å². The first kappa shape index (κ1) is 33.9. The Morgan fingerprint density at radius 3 is 1.55 bits per heavy atom. The summed E-state index contributed by atoms with van der Waals surface area (Å²) in [6.45, 7) is 0. The van der Waals surface area contributed by atoms with Gasteiger partial charge in [0.1, 0.15) is 5.58 Å². The molecule has 0 saturated carbocycles. The minimum absolute atomic E-state index is 0.581. The van der Waals surface area contributed by atoms with Crippen molar-refractivity contribution in [3.8, 4) is 62.1 Å². The van der Waals surface area contributed by atoms with Crippen LogP contribution >= 0.6 is 0 Å². The van der Waals surface area contributed by atoms with Crippen LogP contribution in [0.5, 0.6) is 0 Å². The molecule has 3 aromatic heterocycles. The van der Waals surface area contributed by atoms with Gasteiger partial charge in [-0.25, -0.2) is 15.0 Å². The molecule has 0 aliphatic rings. The monoisotopic (exact) mass is 766 g/mol. The molecule has 12 aromatic rings. The van der Waals surface area contributed by atoms with Gasteiger partial charge in [0.15, 0.2) is 23.1 Å². The van der Waals surface area contributed by atoms with Crippen LogP contribution in [0.3, 0.4) is 0 Å². The molecule has 0 unspecified atom stereocenters. The fraction of sp³-hybridized carbons (Fsp3) is 0. The fourth-order valence-electron chi connectivity index (χ4n) is 8.76. The third-order valence-electron chi connectivity index (χ3n) is 11.6. The lowest BCUT2D eigenvalue weighted by Gasteiger charge is -2.12. The minimum Gasteiger partial charge on any atom is -0.454 e. The molecule has 0 spiro atoms. The summed E-state index contributed by atoms with van der Waals surface area (Å²) in [5, 5.41) is 6.89. The Morgan fingerprint density at radius 2 is 0.883 bits per heavy atom. The van der Waals surface area contributed by atoms with Crippen LogP contribution < -0.4 is 0 Å². The van der Waals surface area contributed by atoms with Gasteiger partial charge in [0.2, 0.25) is 0 Å². The summed E-state index contributed by atoms with van der Waals surface area (Å²) in [5.41, 5.74) is 12.0. The zero-order valence-corrected chi connectivity index (χ0v) is 32.3. The van der Waals surface area contributed by atoms with Crippen molar-refractivity contribution >= 4 is 54.5 Å². The number of hydrogen-bond donors (Lipinski definition) is 0. The van der Waals surface area contributed by atoms with Gasteiger partial charge in [-0.05, 0) is 69.4 Å². The van der Waals surface area contributed by atoms with Gasteiger partial charge in [0, 0.05) is 38.2 Å². The molecule has 5 nitrogen and oxygen atoms in total. The van der Waals surface area contributed by atoms with Crippen molar-refractivity contribution in [1.29, 1.82) is 0 Å². The highest BCUT2D eigenvalue weighted by Crippen LogP contribution is 2.44. The van der Waals surface area contributed by atoms with Crippen molar-refractivity contribution in [2.24, 2.45) is 0 Å². The standard InChI is InChI=1S/C55H34N4O/c1-5-15-35(16-6-1)40-25-29-45-48(32-40)59(47-30-27-37-19-13-14-24-43(37)51(45)47)49-33-42(36-17-7-2-8-18-36)31-46-44-28-26-41(34-50(44)60-52(46)49)55-57-53(38-20-9-3-10-21-38)56-54(58-55)39-22-11-4-12-23-39/h1-34H. The van der Waals surface area contributed by atoms with Crippen molar-refractivity contribution in [3.05, 3.63) is 206 Å². The highest BCUT2D eigenvalue weighted by atomic mass is 16.3. The predicted molar refractivity (Wildman–Crippen MR) is 246 cm³/mol. The molecule has 0 aliphatic carbocycles. The van der Waals surface area contributed by atoms with Crippen LogP contribution in [0.1, 0.15) is 0 Å². The van der Waals surface area contributed by atoms with Crippen LogP contribution in [0, 0.1) is 0 Å². The van der Waals surface area contributed by atoms with Crippen molar-refractivity contribution in [2.45, 2.75) is 0 Å². The fourth-order valence-corrected chi connectivity index (χ4v) is 8.76. The normalized spacial score (nSPS) is 11.7. The van der Waals surface area contributed by atoms with Crippen LogP contribution in [0.25, 0.3) is 117 Å². The smallest absolute Gasteiger partial charge is 0.164 e. The highest BCUT2D eigenvalue weighted by molar-refractivity contribution is 6.22. The van der Waals surface area contributed by atoms with Gasteiger partial charge < -0.3 is 8.98 Å². The Morgan fingerprint density at radius 1 is 0.333 bits per heavy atom. The molecule has 9 aromatic carbocycles. The number of hydrogen-bond acceptors (Lipinski definition) is 4. The Bertz CT molecular complexity index is 3520. The van der Waals surface area contributed by atoms with Crippen LogP contribution in [0.4, 0.5) is 0 Å². The molecule has 60 heavy (non-hydrogen) atoms. The van der Waals surface area contributed by atoms with Crippen molar-refractivity contribution < 1.29 is 4.42 Å². The summed E-state index contributed by atoms with van der Waals surface area (Å²) in [7, 11) is 0. The number of rotatable bonds is 6. The van der Waals surface area contributed by atoms with Gasteiger partial charge in [0.25, 0.3) is 0 Å². The van der Waals surface area contributed by atoms with E-state index in [0.29, 0.717) is 17.5 Å². The van der Waals surface area contributed by atoms with E-state index in [4.69, 9.17) is 19.4 Å². The quantitative estimate of drug-likeness (QED) is 0.169. The van der Waals surface area contributed by atoms with Crippen molar-refractivity contribution in [2.75, 3.05) is 0 Å². The Balaban J connectivity index is 1.13. The number of fused-ring (bicyclic) bond motifs is 8. The maximum absolute atomic E-state index is 7.10. The van der Waals surface area contributed by atoms with Gasteiger partial charge >= 0.3 is 0 Å². The largest absolute Gasteiger partial charge is 0.454 e. The Hall–Kier alpha value is -8.15. The Labute approximate surface area is 345 Å². The minimum atomic E-state index is 0.581. The molecule has 0 saturated heterocycles. The van der Waals surface area contributed by atoms with Gasteiger partial charge in [0.05, 0.1) is 16.7 Å². The lowest BCUT2D eigenvalue weighted by Crippen LogP contribution is -2.00. The van der Waals surface area contributed by atoms with Gasteiger partial charge in [-0.15, -0.1) is 0 Å². The van der Waals surface area contributed by atoms with Crippen molar-refractivity contribution in [1.82, 2.24) is 19.5 Å². The average Bonchev–Trinajstić information content (AvgIpc) is 3.87. The predicted octanol–water partition coefficient (Wildman–Crippen LogP) is 14.4. The van der Waals surface area contributed by atoms with Crippen LogP contribution in [-0.2, 0) is 0 Å². The van der Waals surface area contributed by atoms with E-state index in [1.807, 2.05) is 60.7 Å². The molecule has 0 N–H and O–H groups in total. The maximum atomic E-state index is 7.10. The van der Waals surface area contributed by atoms with E-state index in [9.17, 15) is 0 Å². The second-order valence-corrected chi connectivity index (χ2v) is 15.2. The third kappa shape index (κ3) is 5.59. The number of aromatic nitrogens is 4. The molecular formula is C55H34N4O. The molecule has 5 heteroatoms. The molecule has 0 amide bonds. The SMILES string of the molecule is c1ccc(-c2cc(-n3c4cc(-c5ccccc5)ccc4c4c5ccccc5ccc43)c3oc4cc(-c5nc(-c6ccccc6)nc(-c6ccccc6)n5)ccc4c3c2)cc1. The van der Waals surface area contributed by atoms with E-state index in [0.717, 1.165) is 72.0 Å². The van der Waals surface area contributed by atoms with E-state index in [1.54, 1.807) is 0 Å². The molecule has 0 bridgehead atoms. The second-order valence-electron chi connectivity index (χ2n) is 15.2. The summed E-state index contributed by atoms with van der Waals surface area (Å²) < 4.78 is 9.51. The molecule has 0 aliphatic heterocycles. The Kier molecular flexibility index (Phi) is 7.78. The molecule has 0 radical (unpaired) electrons. The lowest BCUT2D eigenvalue weighted by atomic mass is 10.0. The molecule has 280 valence electrons. The first-order valence-corrected chi connectivity index (χ1v) is 20.2. The van der Waals surface area contributed by atoms with Gasteiger partial charge in [-0.1, -0.05) is 170 Å². The first-order chi connectivity index (χ1) is 29.7. The highest BCUT2D eigenvalue weighted by Gasteiger charge is 2.22. The number of nitrogens with zero attached hydrogens (tertiary/aromatic N) is 4. The summed E-state index contributed by atoms with van der Waals surface area (Å²) in [6.07, 6.45) is 0. The molecule has 0 fully saturated rings. The number of benzene rings is 9. The maximum Gasteiger partial charge on any atom is 0.164 e. The lowest BCUT2D eigenvalue weighted by molar-refractivity contribution is 0.666. The van der Waals surface area contributed by atoms with Crippen LogP contribution in [0.2, 0.25) is 0 Å². The average molecular weight is 767 g/mol. The van der Waals surface area contributed by atoms with Crippen molar-refractivity contribution in [3.63, 3.8) is 0 Å². The zero-order chi connectivity index (χ0) is 39.6. The van der Waals surface area contributed by atoms with E-state index in [2.05, 4.69) is 150 Å². The molecular weight excluding hydrogens is 733 g/mol. The van der Waals surface area contributed by atoms with Gasteiger partial charge in [-0.3, -0.25) is 0 Å². The van der Waals surface area contributed by atoms with E-state index < -0.39 is 0 Å². The summed E-state index contributed by atoms with van der Waals surface area (Å²) in [4.78, 5) is 15.0. The van der Waals surface area contributed by atoms with Crippen LogP contribution in [-0.4, -0.2) is 19.5 Å². The molecule has 0 atom stereocenters.